The number of terminal acetylenes is 1. The third kappa shape index (κ3) is 5.66. The molecule has 0 spiro atoms. The van der Waals surface area contributed by atoms with Gasteiger partial charge in [0.05, 0.1) is 32.0 Å². The van der Waals surface area contributed by atoms with Crippen molar-refractivity contribution in [1.29, 1.82) is 0 Å². The number of hydrogen-bond acceptors (Lipinski definition) is 6. The number of esters is 1. The average Bonchev–Trinajstić information content (AvgIpc) is 3.27. The molecule has 0 fully saturated rings. The third-order valence-electron chi connectivity index (χ3n) is 6.11. The zero-order valence-corrected chi connectivity index (χ0v) is 26.4. The third-order valence-corrected chi connectivity index (χ3v) is 8.52. The molecule has 1 aromatic heterocycles. The molecule has 1 aliphatic rings. The molecule has 0 radical (unpaired) electrons. The van der Waals surface area contributed by atoms with E-state index in [-0.39, 0.29) is 18.8 Å². The lowest BCUT2D eigenvalue weighted by Crippen LogP contribution is -2.40. The van der Waals surface area contributed by atoms with Gasteiger partial charge in [-0.3, -0.25) is 9.36 Å². The first-order valence-electron chi connectivity index (χ1n) is 12.3. The van der Waals surface area contributed by atoms with Gasteiger partial charge in [0.1, 0.15) is 12.4 Å². The lowest BCUT2D eigenvalue weighted by molar-refractivity contribution is -0.138. The predicted molar refractivity (Wildman–Crippen MR) is 174 cm³/mol. The van der Waals surface area contributed by atoms with Crippen LogP contribution in [0.5, 0.6) is 5.75 Å². The number of nitrogens with zero attached hydrogens (tertiary/aromatic N) is 2. The maximum atomic E-state index is 14.1. The van der Waals surface area contributed by atoms with Gasteiger partial charge in [0.25, 0.3) is 5.56 Å². The molecule has 200 valence electrons. The van der Waals surface area contributed by atoms with E-state index in [0.29, 0.717) is 26.4 Å². The maximum absolute atomic E-state index is 14.1. The van der Waals surface area contributed by atoms with Crippen LogP contribution in [-0.4, -0.2) is 23.8 Å². The van der Waals surface area contributed by atoms with Crippen molar-refractivity contribution in [3.63, 3.8) is 0 Å². The van der Waals surface area contributed by atoms with Crippen molar-refractivity contribution in [2.45, 2.75) is 13.0 Å². The highest BCUT2D eigenvalue weighted by atomic mass is 127. The molecule has 1 aliphatic heterocycles. The van der Waals surface area contributed by atoms with Crippen LogP contribution in [0.2, 0.25) is 0 Å². The summed E-state index contributed by atoms with van der Waals surface area (Å²) in [7, 11) is 0. The zero-order valence-electron chi connectivity index (χ0n) is 21.3. The Labute approximate surface area is 262 Å². The van der Waals surface area contributed by atoms with E-state index in [1.807, 2.05) is 72.8 Å². The number of halogens is 2. The van der Waals surface area contributed by atoms with E-state index in [9.17, 15) is 9.59 Å². The van der Waals surface area contributed by atoms with Crippen LogP contribution in [0.3, 0.4) is 0 Å². The molecule has 0 unspecified atom stereocenters. The van der Waals surface area contributed by atoms with E-state index in [2.05, 4.69) is 51.1 Å². The SMILES string of the molecule is C#CCOc1c(I)cc(I)cc1/C=c1\sc2n(c1=O)[C@@H](c1ccccc1)C(C(=O)OCC)=C(c1ccccc1)N=2. The number of ether oxygens (including phenoxy) is 2. The summed E-state index contributed by atoms with van der Waals surface area (Å²) < 4.78 is 15.3. The fourth-order valence-corrected chi connectivity index (χ4v) is 7.52. The molecule has 0 bridgehead atoms. The molecule has 9 heteroatoms. The number of thiazole rings is 1. The van der Waals surface area contributed by atoms with Crippen LogP contribution in [0.25, 0.3) is 11.8 Å². The normalized spacial score (nSPS) is 14.8. The van der Waals surface area contributed by atoms with Crippen molar-refractivity contribution in [2.75, 3.05) is 13.2 Å². The molecule has 0 aliphatic carbocycles. The standard InChI is InChI=1S/C31H22I2N2O4S/c1-3-15-39-28-21(16-22(32)18-23(28)33)17-24-29(36)35-27(20-13-9-6-10-14-20)25(30(37)38-4-2)26(34-31(35)40-24)19-11-7-5-8-12-19/h1,5-14,16-18,27H,4,15H2,2H3/b24-17-/t27-/m0/s1. The molecule has 5 rings (SSSR count). The number of rotatable bonds is 7. The van der Waals surface area contributed by atoms with E-state index >= 15 is 0 Å². The Kier molecular flexibility index (Phi) is 8.87. The van der Waals surface area contributed by atoms with Crippen molar-refractivity contribution in [3.05, 3.63) is 122 Å². The van der Waals surface area contributed by atoms with Crippen LogP contribution >= 0.6 is 56.5 Å². The van der Waals surface area contributed by atoms with Crippen LogP contribution in [0.15, 0.2) is 88.2 Å². The van der Waals surface area contributed by atoms with Crippen LogP contribution < -0.4 is 19.6 Å². The van der Waals surface area contributed by atoms with Gasteiger partial charge in [-0.05, 0) is 75.9 Å². The van der Waals surface area contributed by atoms with Crippen LogP contribution in [0, 0.1) is 19.5 Å². The van der Waals surface area contributed by atoms with Crippen LogP contribution in [0.1, 0.15) is 29.7 Å². The molecule has 0 saturated heterocycles. The van der Waals surface area contributed by atoms with Gasteiger partial charge in [0.2, 0.25) is 0 Å². The smallest absolute Gasteiger partial charge is 0.338 e. The lowest BCUT2D eigenvalue weighted by Gasteiger charge is -2.25. The summed E-state index contributed by atoms with van der Waals surface area (Å²) in [6.07, 6.45) is 7.25. The summed E-state index contributed by atoms with van der Waals surface area (Å²) in [5.74, 6) is 2.61. The van der Waals surface area contributed by atoms with Gasteiger partial charge in [-0.25, -0.2) is 9.79 Å². The Morgan fingerprint density at radius 2 is 1.82 bits per heavy atom. The highest BCUT2D eigenvalue weighted by molar-refractivity contribution is 14.1. The molecule has 4 aromatic rings. The van der Waals surface area contributed by atoms with Gasteiger partial charge < -0.3 is 9.47 Å². The largest absolute Gasteiger partial charge is 0.479 e. The number of fused-ring (bicyclic) bond motifs is 1. The first-order valence-corrected chi connectivity index (χ1v) is 15.3. The predicted octanol–water partition coefficient (Wildman–Crippen LogP) is 5.16. The van der Waals surface area contributed by atoms with Gasteiger partial charge in [0.15, 0.2) is 4.80 Å². The first-order chi connectivity index (χ1) is 19.4. The minimum Gasteiger partial charge on any atom is -0.479 e. The van der Waals surface area contributed by atoms with Crippen LogP contribution in [0.4, 0.5) is 0 Å². The summed E-state index contributed by atoms with van der Waals surface area (Å²) in [6.45, 7) is 2.06. The second-order valence-corrected chi connectivity index (χ2v) is 12.1. The van der Waals surface area contributed by atoms with Crippen molar-refractivity contribution in [1.82, 2.24) is 4.57 Å². The van der Waals surface area contributed by atoms with Crippen LogP contribution in [-0.2, 0) is 9.53 Å². The van der Waals surface area contributed by atoms with Gasteiger partial charge in [-0.2, -0.15) is 0 Å². The number of aromatic nitrogens is 1. The molecule has 6 nitrogen and oxygen atoms in total. The monoisotopic (exact) mass is 772 g/mol. The highest BCUT2D eigenvalue weighted by Gasteiger charge is 2.35. The summed E-state index contributed by atoms with van der Waals surface area (Å²) in [6, 6.07) is 22.2. The molecular formula is C31H22I2N2O4S. The minimum absolute atomic E-state index is 0.107. The lowest BCUT2D eigenvalue weighted by atomic mass is 9.93. The first kappa shape index (κ1) is 28.3. The summed E-state index contributed by atoms with van der Waals surface area (Å²) in [4.78, 5) is 33.0. The minimum atomic E-state index is -0.720. The summed E-state index contributed by atoms with van der Waals surface area (Å²) in [5, 5.41) is 0. The number of carbonyl (C=O) groups is 1. The Balaban J connectivity index is 1.82. The van der Waals surface area contributed by atoms with Crippen molar-refractivity contribution in [2.24, 2.45) is 4.99 Å². The Morgan fingerprint density at radius 1 is 1.12 bits per heavy atom. The van der Waals surface area contributed by atoms with E-state index < -0.39 is 12.0 Å². The van der Waals surface area contributed by atoms with E-state index in [0.717, 1.165) is 23.8 Å². The quantitative estimate of drug-likeness (QED) is 0.148. The number of benzene rings is 3. The second kappa shape index (κ2) is 12.5. The van der Waals surface area contributed by atoms with Gasteiger partial charge in [-0.15, -0.1) is 6.42 Å². The highest BCUT2D eigenvalue weighted by Crippen LogP contribution is 2.35. The molecular weight excluding hydrogens is 750 g/mol. The Hall–Kier alpha value is -3.21. The summed E-state index contributed by atoms with van der Waals surface area (Å²) >= 11 is 5.70. The second-order valence-electron chi connectivity index (χ2n) is 8.64. The zero-order chi connectivity index (χ0) is 28.2. The molecule has 3 aromatic carbocycles. The van der Waals surface area contributed by atoms with E-state index in [4.69, 9.17) is 20.9 Å². The molecule has 0 saturated carbocycles. The van der Waals surface area contributed by atoms with Crippen molar-refractivity contribution in [3.8, 4) is 18.1 Å². The molecule has 40 heavy (non-hydrogen) atoms. The summed E-state index contributed by atoms with van der Waals surface area (Å²) in [5.41, 5.74) is 2.83. The van der Waals surface area contributed by atoms with Gasteiger partial charge in [-0.1, -0.05) is 77.9 Å². The Morgan fingerprint density at radius 3 is 2.50 bits per heavy atom. The molecule has 2 heterocycles. The molecule has 0 N–H and O–H groups in total. The molecule has 1 atom stereocenters. The fourth-order valence-electron chi connectivity index (χ4n) is 4.49. The molecule has 0 amide bonds. The van der Waals surface area contributed by atoms with Gasteiger partial charge in [0, 0.05) is 14.7 Å². The fraction of sp³-hybridized carbons (Fsp3) is 0.129. The van der Waals surface area contributed by atoms with E-state index in [1.54, 1.807) is 17.6 Å². The van der Waals surface area contributed by atoms with Crippen molar-refractivity contribution < 1.29 is 14.3 Å². The number of hydrogen-bond donors (Lipinski definition) is 0. The van der Waals surface area contributed by atoms with Gasteiger partial charge >= 0.3 is 5.97 Å². The Bertz CT molecular complexity index is 1840. The topological polar surface area (TPSA) is 69.9 Å². The average molecular weight is 772 g/mol. The van der Waals surface area contributed by atoms with Crippen molar-refractivity contribution >= 4 is 74.3 Å². The maximum Gasteiger partial charge on any atom is 0.338 e. The number of carbonyl (C=O) groups excluding carboxylic acids is 1. The van der Waals surface area contributed by atoms with E-state index in [1.165, 1.54) is 11.3 Å².